The lowest BCUT2D eigenvalue weighted by Crippen LogP contribution is -2.50. The van der Waals surface area contributed by atoms with E-state index in [1.165, 1.54) is 5.56 Å². The number of carbonyl (C=O) groups excluding carboxylic acids is 2. The molecular formula is C21H31N3O2. The molecule has 0 spiro atoms. The molecule has 1 atom stereocenters. The van der Waals surface area contributed by atoms with E-state index in [1.807, 2.05) is 30.0 Å². The number of amides is 2. The second-order valence-electron chi connectivity index (χ2n) is 7.50. The Morgan fingerprint density at radius 2 is 1.92 bits per heavy atom. The van der Waals surface area contributed by atoms with Crippen molar-refractivity contribution in [1.82, 2.24) is 10.2 Å². The molecule has 0 saturated carbocycles. The first kappa shape index (κ1) is 18.9. The van der Waals surface area contributed by atoms with E-state index in [2.05, 4.69) is 23.2 Å². The number of hydrogen-bond acceptors (Lipinski definition) is 3. The van der Waals surface area contributed by atoms with Gasteiger partial charge < -0.3 is 10.2 Å². The van der Waals surface area contributed by atoms with Crippen molar-refractivity contribution >= 4 is 17.5 Å². The summed E-state index contributed by atoms with van der Waals surface area (Å²) in [5.74, 6) is 0.462. The third-order valence-electron chi connectivity index (χ3n) is 5.79. The van der Waals surface area contributed by atoms with Crippen molar-refractivity contribution in [2.24, 2.45) is 5.92 Å². The molecule has 142 valence electrons. The number of fused-ring (bicyclic) bond motifs is 1. The molecule has 5 nitrogen and oxygen atoms in total. The average Bonchev–Trinajstić information content (AvgIpc) is 3.11. The summed E-state index contributed by atoms with van der Waals surface area (Å²) in [5.41, 5.74) is 2.32. The second kappa shape index (κ2) is 8.67. The van der Waals surface area contributed by atoms with E-state index >= 15 is 0 Å². The third-order valence-corrected chi connectivity index (χ3v) is 5.79. The van der Waals surface area contributed by atoms with Crippen molar-refractivity contribution in [1.29, 1.82) is 0 Å². The van der Waals surface area contributed by atoms with Crippen LogP contribution in [0, 0.1) is 5.92 Å². The summed E-state index contributed by atoms with van der Waals surface area (Å²) in [5, 5.41) is 3.04. The fourth-order valence-corrected chi connectivity index (χ4v) is 4.03. The number of unbranched alkanes of at least 4 members (excludes halogenated alkanes) is 1. The zero-order valence-corrected chi connectivity index (χ0v) is 16.0. The molecule has 0 radical (unpaired) electrons. The van der Waals surface area contributed by atoms with Gasteiger partial charge in [0.15, 0.2) is 0 Å². The van der Waals surface area contributed by atoms with Crippen LogP contribution in [-0.4, -0.2) is 48.9 Å². The fraction of sp³-hybridized carbons (Fsp3) is 0.619. The molecule has 1 N–H and O–H groups in total. The standard InChI is InChI=1S/C21H31N3O2/c1-3-4-12-22-20(25)18-9-13-23(14-10-18)16(2)21(26)24-15-11-17-7-5-6-8-19(17)24/h5-8,16,18H,3-4,9-15H2,1-2H3,(H,22,25). The van der Waals surface area contributed by atoms with E-state index < -0.39 is 0 Å². The molecule has 1 fully saturated rings. The zero-order chi connectivity index (χ0) is 18.5. The number of nitrogens with zero attached hydrogens (tertiary/aromatic N) is 2. The maximum absolute atomic E-state index is 13.0. The predicted octanol–water partition coefficient (Wildman–Crippen LogP) is 2.59. The van der Waals surface area contributed by atoms with Crippen LogP contribution in [0.15, 0.2) is 24.3 Å². The SMILES string of the molecule is CCCCNC(=O)C1CCN(C(C)C(=O)N2CCc3ccccc32)CC1. The molecule has 0 aromatic heterocycles. The summed E-state index contributed by atoms with van der Waals surface area (Å²) < 4.78 is 0. The van der Waals surface area contributed by atoms with Crippen molar-refractivity contribution in [3.8, 4) is 0 Å². The Morgan fingerprint density at radius 3 is 2.65 bits per heavy atom. The summed E-state index contributed by atoms with van der Waals surface area (Å²) in [6.07, 6.45) is 4.75. The first-order valence-electron chi connectivity index (χ1n) is 10.0. The van der Waals surface area contributed by atoms with Crippen LogP contribution in [0.25, 0.3) is 0 Å². The van der Waals surface area contributed by atoms with Crippen LogP contribution >= 0.6 is 0 Å². The lowest BCUT2D eigenvalue weighted by molar-refractivity contribution is -0.127. The van der Waals surface area contributed by atoms with Gasteiger partial charge in [0.05, 0.1) is 6.04 Å². The maximum Gasteiger partial charge on any atom is 0.244 e. The van der Waals surface area contributed by atoms with Crippen molar-refractivity contribution in [2.45, 2.75) is 52.0 Å². The van der Waals surface area contributed by atoms with Gasteiger partial charge in [-0.2, -0.15) is 0 Å². The van der Waals surface area contributed by atoms with Crippen LogP contribution in [0.3, 0.4) is 0 Å². The zero-order valence-electron chi connectivity index (χ0n) is 16.0. The van der Waals surface area contributed by atoms with Gasteiger partial charge in [0.2, 0.25) is 11.8 Å². The molecule has 1 unspecified atom stereocenters. The van der Waals surface area contributed by atoms with Crippen LogP contribution in [0.2, 0.25) is 0 Å². The van der Waals surface area contributed by atoms with E-state index in [1.54, 1.807) is 0 Å². The minimum atomic E-state index is -0.134. The number of para-hydroxylation sites is 1. The summed E-state index contributed by atoms with van der Waals surface area (Å²) in [6.45, 7) is 7.31. The number of piperidine rings is 1. The van der Waals surface area contributed by atoms with E-state index in [4.69, 9.17) is 0 Å². The number of hydrogen-bond donors (Lipinski definition) is 1. The number of anilines is 1. The monoisotopic (exact) mass is 357 g/mol. The van der Waals surface area contributed by atoms with E-state index in [9.17, 15) is 9.59 Å². The molecule has 3 rings (SSSR count). The highest BCUT2D eigenvalue weighted by atomic mass is 16.2. The van der Waals surface area contributed by atoms with Gasteiger partial charge in [0, 0.05) is 24.7 Å². The summed E-state index contributed by atoms with van der Waals surface area (Å²) in [4.78, 5) is 29.4. The highest BCUT2D eigenvalue weighted by molar-refractivity contribution is 5.98. The molecule has 5 heteroatoms. The first-order valence-corrected chi connectivity index (χ1v) is 10.0. The Hall–Kier alpha value is -1.88. The highest BCUT2D eigenvalue weighted by Crippen LogP contribution is 2.29. The van der Waals surface area contributed by atoms with Crippen LogP contribution < -0.4 is 10.2 Å². The molecule has 2 heterocycles. The van der Waals surface area contributed by atoms with Gasteiger partial charge in [-0.15, -0.1) is 0 Å². The Bertz CT molecular complexity index is 638. The Labute approximate surface area is 156 Å². The Kier molecular flexibility index (Phi) is 6.30. The van der Waals surface area contributed by atoms with Crippen LogP contribution in [0.1, 0.15) is 45.1 Å². The fourth-order valence-electron chi connectivity index (χ4n) is 4.03. The number of carbonyl (C=O) groups is 2. The quantitative estimate of drug-likeness (QED) is 0.796. The van der Waals surface area contributed by atoms with Gasteiger partial charge in [-0.25, -0.2) is 0 Å². The van der Waals surface area contributed by atoms with Gasteiger partial charge in [0.25, 0.3) is 0 Å². The van der Waals surface area contributed by atoms with Crippen molar-refractivity contribution < 1.29 is 9.59 Å². The van der Waals surface area contributed by atoms with Gasteiger partial charge in [0.1, 0.15) is 0 Å². The lowest BCUT2D eigenvalue weighted by Gasteiger charge is -2.36. The minimum Gasteiger partial charge on any atom is -0.356 e. The Balaban J connectivity index is 1.52. The van der Waals surface area contributed by atoms with Crippen LogP contribution in [0.5, 0.6) is 0 Å². The average molecular weight is 357 g/mol. The van der Waals surface area contributed by atoms with E-state index in [-0.39, 0.29) is 23.8 Å². The molecule has 0 aliphatic carbocycles. The molecule has 1 aromatic carbocycles. The predicted molar refractivity (Wildman–Crippen MR) is 104 cm³/mol. The smallest absolute Gasteiger partial charge is 0.244 e. The van der Waals surface area contributed by atoms with Gasteiger partial charge in [-0.05, 0) is 57.3 Å². The molecule has 26 heavy (non-hydrogen) atoms. The normalized spacial score (nSPS) is 19.2. The number of rotatable bonds is 6. The summed E-state index contributed by atoms with van der Waals surface area (Å²) in [7, 11) is 0. The first-order chi connectivity index (χ1) is 12.6. The molecular weight excluding hydrogens is 326 g/mol. The summed E-state index contributed by atoms with van der Waals surface area (Å²) in [6, 6.07) is 8.05. The van der Waals surface area contributed by atoms with Crippen molar-refractivity contribution in [3.05, 3.63) is 29.8 Å². The molecule has 1 saturated heterocycles. The van der Waals surface area contributed by atoms with Gasteiger partial charge >= 0.3 is 0 Å². The number of nitrogens with one attached hydrogen (secondary N) is 1. The number of benzene rings is 1. The molecule has 1 aromatic rings. The topological polar surface area (TPSA) is 52.7 Å². The van der Waals surface area contributed by atoms with E-state index in [0.717, 1.165) is 64.0 Å². The van der Waals surface area contributed by atoms with Gasteiger partial charge in [-0.3, -0.25) is 14.5 Å². The molecule has 2 aliphatic rings. The minimum absolute atomic E-state index is 0.0953. The van der Waals surface area contributed by atoms with Crippen LogP contribution in [-0.2, 0) is 16.0 Å². The largest absolute Gasteiger partial charge is 0.356 e. The molecule has 2 amide bonds. The van der Waals surface area contributed by atoms with E-state index in [0.29, 0.717) is 0 Å². The maximum atomic E-state index is 13.0. The van der Waals surface area contributed by atoms with Crippen molar-refractivity contribution in [3.63, 3.8) is 0 Å². The molecule has 2 aliphatic heterocycles. The van der Waals surface area contributed by atoms with Crippen molar-refractivity contribution in [2.75, 3.05) is 31.1 Å². The second-order valence-corrected chi connectivity index (χ2v) is 7.50. The molecule has 0 bridgehead atoms. The highest BCUT2D eigenvalue weighted by Gasteiger charge is 2.33. The summed E-state index contributed by atoms with van der Waals surface area (Å²) >= 11 is 0. The third kappa shape index (κ3) is 4.09. The van der Waals surface area contributed by atoms with Gasteiger partial charge in [-0.1, -0.05) is 31.5 Å². The number of likely N-dealkylation sites (tertiary alicyclic amines) is 1. The van der Waals surface area contributed by atoms with Crippen LogP contribution in [0.4, 0.5) is 5.69 Å². The lowest BCUT2D eigenvalue weighted by atomic mass is 9.94. The Morgan fingerprint density at radius 1 is 1.19 bits per heavy atom.